The first-order valence-electron chi connectivity index (χ1n) is 8.21. The number of halogens is 2. The van der Waals surface area contributed by atoms with Gasteiger partial charge in [0.1, 0.15) is 17.5 Å². The van der Waals surface area contributed by atoms with Crippen molar-refractivity contribution in [3.63, 3.8) is 0 Å². The molecule has 1 aromatic heterocycles. The van der Waals surface area contributed by atoms with Crippen LogP contribution in [-0.4, -0.2) is 4.98 Å². The minimum absolute atomic E-state index is 0.284. The molecule has 1 heterocycles. The smallest absolute Gasteiger partial charge is 0.142 e. The van der Waals surface area contributed by atoms with Crippen LogP contribution in [0.15, 0.2) is 18.2 Å². The van der Waals surface area contributed by atoms with Gasteiger partial charge in [-0.25, -0.2) is 4.98 Å². The summed E-state index contributed by atoms with van der Waals surface area (Å²) < 4.78 is 0. The van der Waals surface area contributed by atoms with E-state index in [4.69, 9.17) is 28.9 Å². The monoisotopic (exact) mass is 359 g/mol. The molecule has 0 saturated heterocycles. The number of nitrogen functional groups attached to an aromatic ring is 1. The van der Waals surface area contributed by atoms with Gasteiger partial charge in [-0.15, -0.1) is 0 Å². The van der Waals surface area contributed by atoms with Crippen LogP contribution in [0.3, 0.4) is 0 Å². The number of hydrogen-bond donors (Lipinski definition) is 1. The molecule has 5 heteroatoms. The second-order valence-corrected chi connectivity index (χ2v) is 7.15. The second kappa shape index (κ2) is 7.01. The van der Waals surface area contributed by atoms with Gasteiger partial charge in [0.15, 0.2) is 0 Å². The standard InChI is InChI=1S/C19H19Cl2N3/c1-2-3-11-4-7-17-14(8-11)18(15(10-22)19(23)24-17)13-6-5-12(20)9-16(13)21/h5-6,9,11H,2-4,7-8H2,1H3,(H2,23,24). The third-order valence-electron chi connectivity index (χ3n) is 4.70. The highest BCUT2D eigenvalue weighted by Crippen LogP contribution is 2.41. The average Bonchev–Trinajstić information content (AvgIpc) is 2.55. The molecule has 3 nitrogen and oxygen atoms in total. The molecular weight excluding hydrogens is 341 g/mol. The normalized spacial score (nSPS) is 16.5. The third kappa shape index (κ3) is 3.09. The van der Waals surface area contributed by atoms with Gasteiger partial charge in [0.25, 0.3) is 0 Å². The van der Waals surface area contributed by atoms with Crippen molar-refractivity contribution in [1.82, 2.24) is 4.98 Å². The topological polar surface area (TPSA) is 62.7 Å². The molecule has 124 valence electrons. The van der Waals surface area contributed by atoms with Crippen LogP contribution in [0, 0.1) is 17.2 Å². The fraction of sp³-hybridized carbons (Fsp3) is 0.368. The average molecular weight is 360 g/mol. The minimum atomic E-state index is 0.284. The highest BCUT2D eigenvalue weighted by atomic mass is 35.5. The molecule has 1 aromatic carbocycles. The van der Waals surface area contributed by atoms with E-state index in [-0.39, 0.29) is 5.82 Å². The Balaban J connectivity index is 2.23. The Hall–Kier alpha value is -1.76. The van der Waals surface area contributed by atoms with Crippen molar-refractivity contribution < 1.29 is 0 Å². The van der Waals surface area contributed by atoms with Crippen LogP contribution in [0.25, 0.3) is 11.1 Å². The fourth-order valence-electron chi connectivity index (χ4n) is 3.61. The number of fused-ring (bicyclic) bond motifs is 1. The molecule has 3 rings (SSSR count). The number of aryl methyl sites for hydroxylation is 1. The van der Waals surface area contributed by atoms with Gasteiger partial charge >= 0.3 is 0 Å². The Labute approximate surface area is 152 Å². The van der Waals surface area contributed by atoms with E-state index in [0.717, 1.165) is 48.1 Å². The zero-order chi connectivity index (χ0) is 17.3. The van der Waals surface area contributed by atoms with Crippen LogP contribution >= 0.6 is 23.2 Å². The van der Waals surface area contributed by atoms with E-state index in [0.29, 0.717) is 21.5 Å². The van der Waals surface area contributed by atoms with E-state index < -0.39 is 0 Å². The number of hydrogen-bond acceptors (Lipinski definition) is 3. The zero-order valence-electron chi connectivity index (χ0n) is 13.6. The highest BCUT2D eigenvalue weighted by molar-refractivity contribution is 6.36. The Morgan fingerprint density at radius 1 is 1.38 bits per heavy atom. The summed E-state index contributed by atoms with van der Waals surface area (Å²) in [4.78, 5) is 4.50. The Bertz CT molecular complexity index is 824. The maximum Gasteiger partial charge on any atom is 0.142 e. The maximum atomic E-state index is 9.64. The Kier molecular flexibility index (Phi) is 4.99. The van der Waals surface area contributed by atoms with E-state index >= 15 is 0 Å². The molecular formula is C19H19Cl2N3. The van der Waals surface area contributed by atoms with E-state index in [1.165, 1.54) is 6.42 Å². The van der Waals surface area contributed by atoms with Crippen molar-refractivity contribution >= 4 is 29.0 Å². The summed E-state index contributed by atoms with van der Waals surface area (Å²) in [7, 11) is 0. The number of pyridine rings is 1. The van der Waals surface area contributed by atoms with Crippen molar-refractivity contribution in [3.05, 3.63) is 45.1 Å². The Morgan fingerprint density at radius 3 is 2.83 bits per heavy atom. The summed E-state index contributed by atoms with van der Waals surface area (Å²) in [5, 5.41) is 10.7. The summed E-state index contributed by atoms with van der Waals surface area (Å²) in [5.41, 5.74) is 10.2. The molecule has 0 radical (unpaired) electrons. The lowest BCUT2D eigenvalue weighted by Crippen LogP contribution is -2.18. The zero-order valence-corrected chi connectivity index (χ0v) is 15.1. The van der Waals surface area contributed by atoms with Crippen LogP contribution in [0.2, 0.25) is 10.0 Å². The molecule has 0 saturated carbocycles. The third-order valence-corrected chi connectivity index (χ3v) is 5.25. The summed E-state index contributed by atoms with van der Waals surface area (Å²) in [6.07, 6.45) is 5.27. The molecule has 2 N–H and O–H groups in total. The van der Waals surface area contributed by atoms with Gasteiger partial charge in [-0.05, 0) is 42.9 Å². The van der Waals surface area contributed by atoms with Crippen molar-refractivity contribution in [2.45, 2.75) is 39.0 Å². The number of nitrogens with zero attached hydrogens (tertiary/aromatic N) is 2. The molecule has 24 heavy (non-hydrogen) atoms. The molecule has 0 bridgehead atoms. The molecule has 1 aliphatic rings. The van der Waals surface area contributed by atoms with Crippen LogP contribution in [0.5, 0.6) is 0 Å². The lowest BCUT2D eigenvalue weighted by atomic mass is 9.79. The summed E-state index contributed by atoms with van der Waals surface area (Å²) in [6, 6.07) is 7.58. The Morgan fingerprint density at radius 2 is 2.17 bits per heavy atom. The molecule has 2 aromatic rings. The molecule has 0 spiro atoms. The van der Waals surface area contributed by atoms with Gasteiger partial charge in [-0.1, -0.05) is 49.0 Å². The van der Waals surface area contributed by atoms with Gasteiger partial charge in [0, 0.05) is 26.9 Å². The van der Waals surface area contributed by atoms with Crippen molar-refractivity contribution in [3.8, 4) is 17.2 Å². The van der Waals surface area contributed by atoms with Gasteiger partial charge < -0.3 is 5.73 Å². The predicted molar refractivity (Wildman–Crippen MR) is 99.2 cm³/mol. The van der Waals surface area contributed by atoms with Crippen LogP contribution in [-0.2, 0) is 12.8 Å². The summed E-state index contributed by atoms with van der Waals surface area (Å²) in [6.45, 7) is 2.20. The van der Waals surface area contributed by atoms with Crippen molar-refractivity contribution in [2.24, 2.45) is 5.92 Å². The number of aromatic nitrogens is 1. The summed E-state index contributed by atoms with van der Waals surface area (Å²) >= 11 is 12.5. The van der Waals surface area contributed by atoms with Crippen LogP contribution < -0.4 is 5.73 Å². The number of nitriles is 1. The van der Waals surface area contributed by atoms with Gasteiger partial charge in [-0.3, -0.25) is 0 Å². The maximum absolute atomic E-state index is 9.64. The molecule has 0 amide bonds. The summed E-state index contributed by atoms with van der Waals surface area (Å²) in [5.74, 6) is 0.899. The minimum Gasteiger partial charge on any atom is -0.383 e. The highest BCUT2D eigenvalue weighted by Gasteiger charge is 2.27. The molecule has 1 unspecified atom stereocenters. The van der Waals surface area contributed by atoms with Crippen molar-refractivity contribution in [2.75, 3.05) is 5.73 Å². The van der Waals surface area contributed by atoms with Crippen LogP contribution in [0.1, 0.15) is 43.0 Å². The largest absolute Gasteiger partial charge is 0.383 e. The van der Waals surface area contributed by atoms with Gasteiger partial charge in [-0.2, -0.15) is 5.26 Å². The first-order valence-corrected chi connectivity index (χ1v) is 8.97. The van der Waals surface area contributed by atoms with E-state index in [2.05, 4.69) is 18.0 Å². The van der Waals surface area contributed by atoms with E-state index in [1.54, 1.807) is 12.1 Å². The first-order chi connectivity index (χ1) is 11.5. The molecule has 0 fully saturated rings. The molecule has 0 aliphatic heterocycles. The van der Waals surface area contributed by atoms with Gasteiger partial charge in [0.2, 0.25) is 0 Å². The molecule has 1 aliphatic carbocycles. The number of nitrogens with two attached hydrogens (primary N) is 1. The first kappa shape index (κ1) is 17.1. The number of anilines is 1. The van der Waals surface area contributed by atoms with E-state index in [1.807, 2.05) is 6.07 Å². The van der Waals surface area contributed by atoms with Crippen molar-refractivity contribution in [1.29, 1.82) is 5.26 Å². The van der Waals surface area contributed by atoms with Gasteiger partial charge in [0.05, 0.1) is 0 Å². The second-order valence-electron chi connectivity index (χ2n) is 6.31. The molecule has 1 atom stereocenters. The number of rotatable bonds is 3. The quantitative estimate of drug-likeness (QED) is 0.796. The lowest BCUT2D eigenvalue weighted by molar-refractivity contribution is 0.419. The number of benzene rings is 1. The van der Waals surface area contributed by atoms with E-state index in [9.17, 15) is 5.26 Å². The predicted octanol–water partition coefficient (Wildman–Crippen LogP) is 5.41. The SMILES string of the molecule is CCCC1CCc2nc(N)c(C#N)c(-c3ccc(Cl)cc3Cl)c2C1. The fourth-order valence-corrected chi connectivity index (χ4v) is 4.11. The van der Waals surface area contributed by atoms with Crippen LogP contribution in [0.4, 0.5) is 5.82 Å². The lowest BCUT2D eigenvalue weighted by Gasteiger charge is -2.27.